The topological polar surface area (TPSA) is 79.5 Å². The van der Waals surface area contributed by atoms with Crippen LogP contribution in [0.3, 0.4) is 0 Å². The van der Waals surface area contributed by atoms with Gasteiger partial charge in [-0.15, -0.1) is 11.3 Å². The molecule has 2 aliphatic heterocycles. The summed E-state index contributed by atoms with van der Waals surface area (Å²) >= 11 is 7.14. The number of rotatable bonds is 4. The summed E-state index contributed by atoms with van der Waals surface area (Å²) in [5.41, 5.74) is 2.57. The zero-order valence-electron chi connectivity index (χ0n) is 16.6. The molecule has 30 heavy (non-hydrogen) atoms. The maximum atomic E-state index is 13.2. The van der Waals surface area contributed by atoms with E-state index in [1.54, 1.807) is 12.1 Å². The predicted molar refractivity (Wildman–Crippen MR) is 117 cm³/mol. The molecule has 3 aliphatic rings. The van der Waals surface area contributed by atoms with E-state index in [0.717, 1.165) is 25.1 Å². The lowest BCUT2D eigenvalue weighted by Gasteiger charge is -2.27. The minimum absolute atomic E-state index is 0.154. The van der Waals surface area contributed by atoms with Gasteiger partial charge in [0.15, 0.2) is 0 Å². The number of anilines is 1. The summed E-state index contributed by atoms with van der Waals surface area (Å²) in [6.45, 7) is 1.58. The van der Waals surface area contributed by atoms with E-state index in [2.05, 4.69) is 28.1 Å². The number of benzene rings is 1. The van der Waals surface area contributed by atoms with Crippen molar-refractivity contribution < 1.29 is 14.3 Å². The molecule has 0 unspecified atom stereocenters. The number of nitrogens with one attached hydrogen (secondary N) is 3. The van der Waals surface area contributed by atoms with Crippen LogP contribution in [0.15, 0.2) is 30.3 Å². The molecule has 1 atom stereocenters. The Morgan fingerprint density at radius 3 is 2.70 bits per heavy atom. The predicted octanol–water partition coefficient (Wildman–Crippen LogP) is 3.15. The number of hydrogen-bond acceptors (Lipinski definition) is 5. The van der Waals surface area contributed by atoms with Gasteiger partial charge in [-0.1, -0.05) is 17.7 Å². The van der Waals surface area contributed by atoms with Gasteiger partial charge in [-0.2, -0.15) is 0 Å². The van der Waals surface area contributed by atoms with Gasteiger partial charge in [0.25, 0.3) is 11.8 Å². The van der Waals surface area contributed by atoms with Crippen molar-refractivity contribution in [3.8, 4) is 0 Å². The van der Waals surface area contributed by atoms with Crippen molar-refractivity contribution >= 4 is 40.4 Å². The van der Waals surface area contributed by atoms with Crippen molar-refractivity contribution in [2.24, 2.45) is 0 Å². The minimum atomic E-state index is -1.08. The molecule has 1 saturated carbocycles. The maximum Gasteiger partial charge on any atom is 0.262 e. The van der Waals surface area contributed by atoms with Gasteiger partial charge in [-0.05, 0) is 67.6 Å². The third-order valence-electron chi connectivity index (χ3n) is 6.35. The van der Waals surface area contributed by atoms with E-state index in [4.69, 9.17) is 16.3 Å². The molecule has 2 amide bonds. The third-order valence-corrected chi connectivity index (χ3v) is 7.58. The summed E-state index contributed by atoms with van der Waals surface area (Å²) in [6.07, 6.45) is 4.85. The van der Waals surface area contributed by atoms with Gasteiger partial charge in [0.2, 0.25) is 0 Å². The van der Waals surface area contributed by atoms with Crippen LogP contribution in [0, 0.1) is 0 Å². The second-order valence-electron chi connectivity index (χ2n) is 8.51. The van der Waals surface area contributed by atoms with Crippen molar-refractivity contribution in [1.29, 1.82) is 0 Å². The number of hydrogen-bond donors (Lipinski definition) is 3. The summed E-state index contributed by atoms with van der Waals surface area (Å²) in [5, 5.41) is 9.60. The first-order chi connectivity index (χ1) is 14.5. The van der Waals surface area contributed by atoms with E-state index in [1.165, 1.54) is 35.3 Å². The molecule has 6 nitrogen and oxygen atoms in total. The fourth-order valence-corrected chi connectivity index (χ4v) is 5.31. The Balaban J connectivity index is 1.34. The van der Waals surface area contributed by atoms with Crippen LogP contribution < -0.4 is 16.0 Å². The Morgan fingerprint density at radius 1 is 1.13 bits per heavy atom. The quantitative estimate of drug-likeness (QED) is 0.675. The van der Waals surface area contributed by atoms with E-state index in [-0.39, 0.29) is 24.0 Å². The molecule has 3 heterocycles. The monoisotopic (exact) mass is 445 g/mol. The van der Waals surface area contributed by atoms with Crippen LogP contribution in [0.4, 0.5) is 5.69 Å². The van der Waals surface area contributed by atoms with Gasteiger partial charge in [-0.25, -0.2) is 0 Å². The Morgan fingerprint density at radius 2 is 2.00 bits per heavy atom. The lowest BCUT2D eigenvalue weighted by Crippen LogP contribution is -2.57. The molecule has 158 valence electrons. The fraction of sp³-hybridized carbons (Fsp3) is 0.455. The van der Waals surface area contributed by atoms with Crippen LogP contribution in [0.2, 0.25) is 4.34 Å². The molecule has 2 aromatic rings. The largest absolute Gasteiger partial charge is 0.378 e. The van der Waals surface area contributed by atoms with Gasteiger partial charge >= 0.3 is 0 Å². The van der Waals surface area contributed by atoms with E-state index >= 15 is 0 Å². The number of thiophene rings is 1. The highest BCUT2D eigenvalue weighted by Crippen LogP contribution is 2.41. The second-order valence-corrected chi connectivity index (χ2v) is 10.2. The molecule has 0 radical (unpaired) electrons. The molecular weight excluding hydrogens is 422 g/mol. The number of ether oxygens (including phenoxy) is 1. The minimum Gasteiger partial charge on any atom is -0.378 e. The van der Waals surface area contributed by atoms with Crippen molar-refractivity contribution in [3.63, 3.8) is 0 Å². The first kappa shape index (κ1) is 20.0. The molecular formula is C22H24ClN3O3S. The Kier molecular flexibility index (Phi) is 5.09. The molecule has 1 aromatic carbocycles. The third kappa shape index (κ3) is 3.87. The number of fused-ring (bicyclic) bond motifs is 1. The van der Waals surface area contributed by atoms with E-state index in [9.17, 15) is 9.59 Å². The van der Waals surface area contributed by atoms with Crippen LogP contribution in [0.5, 0.6) is 0 Å². The molecule has 5 rings (SSSR count). The van der Waals surface area contributed by atoms with Gasteiger partial charge in [0, 0.05) is 24.3 Å². The highest BCUT2D eigenvalue weighted by Gasteiger charge is 2.45. The molecule has 0 bridgehead atoms. The summed E-state index contributed by atoms with van der Waals surface area (Å²) in [5.74, 6) is -0.555. The number of halogens is 1. The number of carbonyl (C=O) groups is 2. The molecule has 1 saturated heterocycles. The Bertz CT molecular complexity index is 995. The summed E-state index contributed by atoms with van der Waals surface area (Å²) < 4.78 is 6.03. The SMILES string of the molecule is O=C(N[C@@]1(C(=O)Nc2ccc3c(c2)CC2(CC2)NCC3)CCOC1)c1ccc(Cl)s1. The average Bonchev–Trinajstić information content (AvgIpc) is 3.13. The van der Waals surface area contributed by atoms with Gasteiger partial charge in [-0.3, -0.25) is 9.59 Å². The van der Waals surface area contributed by atoms with Crippen LogP contribution >= 0.6 is 22.9 Å². The Hall–Kier alpha value is -1.93. The van der Waals surface area contributed by atoms with Crippen LogP contribution in [0.25, 0.3) is 0 Å². The molecule has 1 aliphatic carbocycles. The summed E-state index contributed by atoms with van der Waals surface area (Å²) in [7, 11) is 0. The molecule has 2 fully saturated rings. The highest BCUT2D eigenvalue weighted by atomic mass is 35.5. The zero-order chi connectivity index (χ0) is 20.8. The normalized spacial score (nSPS) is 24.2. The zero-order valence-corrected chi connectivity index (χ0v) is 18.1. The number of amides is 2. The molecule has 1 aromatic heterocycles. The summed E-state index contributed by atoms with van der Waals surface area (Å²) in [4.78, 5) is 26.4. The molecule has 8 heteroatoms. The molecule has 1 spiro atoms. The number of carbonyl (C=O) groups excluding carboxylic acids is 2. The van der Waals surface area contributed by atoms with E-state index in [1.807, 2.05) is 6.07 Å². The lowest BCUT2D eigenvalue weighted by atomic mass is 9.95. The Labute approximate surface area is 184 Å². The maximum absolute atomic E-state index is 13.2. The smallest absolute Gasteiger partial charge is 0.262 e. The van der Waals surface area contributed by atoms with Gasteiger partial charge in [0.1, 0.15) is 5.54 Å². The van der Waals surface area contributed by atoms with Crippen LogP contribution in [-0.4, -0.2) is 42.7 Å². The standard InChI is InChI=1S/C22H24ClN3O3S/c23-18-4-3-17(30-18)19(27)26-22(8-10-29-13-22)20(28)25-16-2-1-14-5-9-24-21(6-7-21)12-15(14)11-16/h1-4,11,24H,5-10,12-13H2,(H,25,28)(H,26,27)/t22-/m0/s1. The van der Waals surface area contributed by atoms with Gasteiger partial charge in [0.05, 0.1) is 15.8 Å². The highest BCUT2D eigenvalue weighted by molar-refractivity contribution is 7.18. The van der Waals surface area contributed by atoms with Crippen LogP contribution in [0.1, 0.15) is 40.1 Å². The van der Waals surface area contributed by atoms with Crippen LogP contribution in [-0.2, 0) is 22.4 Å². The fourth-order valence-electron chi connectivity index (χ4n) is 4.37. The van der Waals surface area contributed by atoms with Crippen molar-refractivity contribution in [1.82, 2.24) is 10.6 Å². The van der Waals surface area contributed by atoms with Crippen molar-refractivity contribution in [2.45, 2.75) is 43.2 Å². The van der Waals surface area contributed by atoms with E-state index in [0.29, 0.717) is 22.2 Å². The first-order valence-electron chi connectivity index (χ1n) is 10.3. The van der Waals surface area contributed by atoms with E-state index < -0.39 is 5.54 Å². The second kappa shape index (κ2) is 7.64. The average molecular weight is 446 g/mol. The first-order valence-corrected chi connectivity index (χ1v) is 11.5. The van der Waals surface area contributed by atoms with Crippen molar-refractivity contribution in [2.75, 3.05) is 25.1 Å². The lowest BCUT2D eigenvalue weighted by molar-refractivity contribution is -0.122. The van der Waals surface area contributed by atoms with Gasteiger partial charge < -0.3 is 20.7 Å². The van der Waals surface area contributed by atoms with Crippen molar-refractivity contribution in [3.05, 3.63) is 50.7 Å². The molecule has 3 N–H and O–H groups in total. The summed E-state index contributed by atoms with van der Waals surface area (Å²) in [6, 6.07) is 9.49.